The molecule has 1 aromatic carbocycles. The van der Waals surface area contributed by atoms with Crippen LogP contribution >= 0.6 is 11.6 Å². The molecule has 0 unspecified atom stereocenters. The molecule has 0 spiro atoms. The van der Waals surface area contributed by atoms with Gasteiger partial charge in [-0.05, 0) is 25.2 Å². The number of rotatable bonds is 7. The topological polar surface area (TPSA) is 61.8 Å². The van der Waals surface area contributed by atoms with Crippen LogP contribution in [0.5, 0.6) is 5.75 Å². The SMILES string of the molecule is COc1ccc(NC(=O)CCN(C)CCO)cc1Cl. The number of nitrogens with zero attached hydrogens (tertiary/aromatic N) is 1. The van der Waals surface area contributed by atoms with Crippen LogP contribution < -0.4 is 10.1 Å². The lowest BCUT2D eigenvalue weighted by molar-refractivity contribution is -0.116. The van der Waals surface area contributed by atoms with Crippen molar-refractivity contribution in [2.24, 2.45) is 0 Å². The van der Waals surface area contributed by atoms with Crippen LogP contribution in [0.15, 0.2) is 18.2 Å². The minimum Gasteiger partial charge on any atom is -0.495 e. The molecule has 1 amide bonds. The molecule has 106 valence electrons. The van der Waals surface area contributed by atoms with Crippen LogP contribution in [-0.2, 0) is 4.79 Å². The molecule has 6 heteroatoms. The highest BCUT2D eigenvalue weighted by atomic mass is 35.5. The maximum atomic E-state index is 11.7. The number of methoxy groups -OCH3 is 1. The Morgan fingerprint density at radius 3 is 2.79 bits per heavy atom. The summed E-state index contributed by atoms with van der Waals surface area (Å²) in [6.07, 6.45) is 0.361. The minimum atomic E-state index is -0.0916. The molecule has 2 N–H and O–H groups in total. The van der Waals surface area contributed by atoms with E-state index in [2.05, 4.69) is 5.32 Å². The lowest BCUT2D eigenvalue weighted by Gasteiger charge is -2.14. The van der Waals surface area contributed by atoms with Gasteiger partial charge in [-0.3, -0.25) is 4.79 Å². The van der Waals surface area contributed by atoms with Gasteiger partial charge < -0.3 is 20.1 Å². The Kier molecular flexibility index (Phi) is 6.62. The van der Waals surface area contributed by atoms with Crippen molar-refractivity contribution < 1.29 is 14.6 Å². The summed E-state index contributed by atoms with van der Waals surface area (Å²) in [5.41, 5.74) is 0.639. The van der Waals surface area contributed by atoms with Crippen LogP contribution in [-0.4, -0.2) is 49.8 Å². The Hall–Kier alpha value is -1.30. The van der Waals surface area contributed by atoms with Crippen molar-refractivity contribution >= 4 is 23.2 Å². The molecule has 1 rings (SSSR count). The third kappa shape index (κ3) is 5.46. The largest absolute Gasteiger partial charge is 0.495 e. The van der Waals surface area contributed by atoms with E-state index in [0.29, 0.717) is 36.0 Å². The van der Waals surface area contributed by atoms with Gasteiger partial charge in [0.2, 0.25) is 5.91 Å². The molecule has 0 aromatic heterocycles. The van der Waals surface area contributed by atoms with Gasteiger partial charge in [-0.25, -0.2) is 0 Å². The van der Waals surface area contributed by atoms with E-state index in [1.807, 2.05) is 11.9 Å². The van der Waals surface area contributed by atoms with Crippen molar-refractivity contribution in [2.75, 3.05) is 39.2 Å². The summed E-state index contributed by atoms with van der Waals surface area (Å²) in [7, 11) is 3.39. The number of carbonyl (C=O) groups is 1. The number of likely N-dealkylation sites (N-methyl/N-ethyl adjacent to an activating group) is 1. The summed E-state index contributed by atoms with van der Waals surface area (Å²) in [6.45, 7) is 1.24. The van der Waals surface area contributed by atoms with Gasteiger partial charge in [0.25, 0.3) is 0 Å². The van der Waals surface area contributed by atoms with Gasteiger partial charge in [-0.15, -0.1) is 0 Å². The number of anilines is 1. The molecular weight excluding hydrogens is 268 g/mol. The molecule has 0 aliphatic heterocycles. The maximum absolute atomic E-state index is 11.7. The summed E-state index contributed by atoms with van der Waals surface area (Å²) in [5.74, 6) is 0.480. The monoisotopic (exact) mass is 286 g/mol. The van der Waals surface area contributed by atoms with Crippen LogP contribution in [0.1, 0.15) is 6.42 Å². The molecule has 0 radical (unpaired) electrons. The van der Waals surface area contributed by atoms with E-state index in [1.54, 1.807) is 18.2 Å². The first-order valence-electron chi connectivity index (χ1n) is 5.99. The van der Waals surface area contributed by atoms with Crippen LogP contribution in [0.25, 0.3) is 0 Å². The number of ether oxygens (including phenoxy) is 1. The number of hydrogen-bond donors (Lipinski definition) is 2. The van der Waals surface area contributed by atoms with Crippen LogP contribution in [0.4, 0.5) is 5.69 Å². The number of benzene rings is 1. The fourth-order valence-electron chi connectivity index (χ4n) is 1.54. The van der Waals surface area contributed by atoms with Crippen molar-refractivity contribution in [1.82, 2.24) is 4.90 Å². The highest BCUT2D eigenvalue weighted by molar-refractivity contribution is 6.32. The predicted octanol–water partition coefficient (Wildman–Crippen LogP) is 1.60. The van der Waals surface area contributed by atoms with Gasteiger partial charge in [0.1, 0.15) is 5.75 Å². The zero-order valence-electron chi connectivity index (χ0n) is 11.1. The molecule has 1 aromatic rings. The molecule has 0 bridgehead atoms. The fraction of sp³-hybridized carbons (Fsp3) is 0.462. The van der Waals surface area contributed by atoms with Crippen molar-refractivity contribution in [2.45, 2.75) is 6.42 Å². The first kappa shape index (κ1) is 15.8. The predicted molar refractivity (Wildman–Crippen MR) is 75.8 cm³/mol. The Balaban J connectivity index is 2.46. The van der Waals surface area contributed by atoms with Gasteiger partial charge in [0.15, 0.2) is 0 Å². The molecule has 0 fully saturated rings. The number of amides is 1. The van der Waals surface area contributed by atoms with Gasteiger partial charge in [-0.2, -0.15) is 0 Å². The smallest absolute Gasteiger partial charge is 0.225 e. The molecule has 19 heavy (non-hydrogen) atoms. The molecule has 0 aliphatic carbocycles. The summed E-state index contributed by atoms with van der Waals surface area (Å²) < 4.78 is 5.04. The van der Waals surface area contributed by atoms with Gasteiger partial charge in [0, 0.05) is 25.2 Å². The van der Waals surface area contributed by atoms with E-state index in [-0.39, 0.29) is 12.5 Å². The molecule has 0 saturated carbocycles. The molecule has 0 aliphatic rings. The number of hydrogen-bond acceptors (Lipinski definition) is 4. The zero-order chi connectivity index (χ0) is 14.3. The summed E-state index contributed by atoms with van der Waals surface area (Å²) >= 11 is 5.97. The summed E-state index contributed by atoms with van der Waals surface area (Å²) in [5, 5.41) is 12.0. The Morgan fingerprint density at radius 1 is 1.47 bits per heavy atom. The van der Waals surface area contributed by atoms with Crippen molar-refractivity contribution in [3.05, 3.63) is 23.2 Å². The first-order valence-corrected chi connectivity index (χ1v) is 6.37. The molecular formula is C13H19ClN2O3. The quantitative estimate of drug-likeness (QED) is 0.799. The molecule has 0 heterocycles. The van der Waals surface area contributed by atoms with E-state index in [0.717, 1.165) is 0 Å². The molecule has 0 atom stereocenters. The third-order valence-electron chi connectivity index (χ3n) is 2.64. The number of aliphatic hydroxyl groups is 1. The van der Waals surface area contributed by atoms with E-state index < -0.39 is 0 Å². The molecule has 0 saturated heterocycles. The normalized spacial score (nSPS) is 10.6. The zero-order valence-corrected chi connectivity index (χ0v) is 11.9. The number of aliphatic hydroxyl groups excluding tert-OH is 1. The minimum absolute atomic E-state index is 0.0895. The average molecular weight is 287 g/mol. The second-order valence-corrected chi connectivity index (χ2v) is 4.58. The van der Waals surface area contributed by atoms with Gasteiger partial charge >= 0.3 is 0 Å². The van der Waals surface area contributed by atoms with Crippen molar-refractivity contribution in [1.29, 1.82) is 0 Å². The fourth-order valence-corrected chi connectivity index (χ4v) is 1.80. The lowest BCUT2D eigenvalue weighted by Crippen LogP contribution is -2.26. The second-order valence-electron chi connectivity index (χ2n) is 4.17. The number of carbonyl (C=O) groups excluding carboxylic acids is 1. The molecule has 5 nitrogen and oxygen atoms in total. The van der Waals surface area contributed by atoms with Crippen LogP contribution in [0.3, 0.4) is 0 Å². The Labute approximate surface area is 118 Å². The third-order valence-corrected chi connectivity index (χ3v) is 2.93. The number of nitrogens with one attached hydrogen (secondary N) is 1. The van der Waals surface area contributed by atoms with Gasteiger partial charge in [0.05, 0.1) is 18.7 Å². The van der Waals surface area contributed by atoms with Crippen molar-refractivity contribution in [3.8, 4) is 5.75 Å². The van der Waals surface area contributed by atoms with E-state index in [1.165, 1.54) is 7.11 Å². The highest BCUT2D eigenvalue weighted by Gasteiger charge is 2.07. The standard InChI is InChI=1S/C13H19ClN2O3/c1-16(7-8-17)6-5-13(18)15-10-3-4-12(19-2)11(14)9-10/h3-4,9,17H,5-8H2,1-2H3,(H,15,18). The highest BCUT2D eigenvalue weighted by Crippen LogP contribution is 2.27. The maximum Gasteiger partial charge on any atom is 0.225 e. The van der Waals surface area contributed by atoms with Crippen LogP contribution in [0, 0.1) is 0 Å². The lowest BCUT2D eigenvalue weighted by atomic mass is 10.3. The summed E-state index contributed by atoms with van der Waals surface area (Å²) in [6, 6.07) is 5.09. The average Bonchev–Trinajstić information content (AvgIpc) is 2.37. The van der Waals surface area contributed by atoms with E-state index >= 15 is 0 Å². The van der Waals surface area contributed by atoms with Gasteiger partial charge in [-0.1, -0.05) is 11.6 Å². The number of halogens is 1. The summed E-state index contributed by atoms with van der Waals surface area (Å²) in [4.78, 5) is 13.6. The Bertz CT molecular complexity index is 426. The van der Waals surface area contributed by atoms with Crippen LogP contribution in [0.2, 0.25) is 5.02 Å². The Morgan fingerprint density at radius 2 is 2.21 bits per heavy atom. The van der Waals surface area contributed by atoms with Crippen molar-refractivity contribution in [3.63, 3.8) is 0 Å². The van der Waals surface area contributed by atoms with E-state index in [9.17, 15) is 4.79 Å². The second kappa shape index (κ2) is 7.99. The first-order chi connectivity index (χ1) is 9.06. The van der Waals surface area contributed by atoms with E-state index in [4.69, 9.17) is 21.4 Å².